The first-order valence-corrected chi connectivity index (χ1v) is 5.71. The van der Waals surface area contributed by atoms with E-state index in [4.69, 9.17) is 0 Å². The van der Waals surface area contributed by atoms with Crippen LogP contribution in [-0.2, 0) is 6.42 Å². The highest BCUT2D eigenvalue weighted by Crippen LogP contribution is 2.34. The molecule has 3 rings (SSSR count). The van der Waals surface area contributed by atoms with E-state index in [1.165, 1.54) is 0 Å². The summed E-state index contributed by atoms with van der Waals surface area (Å²) in [5.74, 6) is 1.41. The molecule has 5 nitrogen and oxygen atoms in total. The molecule has 0 saturated heterocycles. The number of aryl methyl sites for hydroxylation is 1. The van der Waals surface area contributed by atoms with Gasteiger partial charge in [0.05, 0.1) is 11.3 Å². The molecular formula is C12H14N4O. The molecule has 0 radical (unpaired) electrons. The van der Waals surface area contributed by atoms with Gasteiger partial charge in [0.15, 0.2) is 5.78 Å². The molecule has 0 fully saturated rings. The number of Topliss-reactive ketones (excluding diaryl/α,β-unsaturated/α-hetero) is 1. The lowest BCUT2D eigenvalue weighted by Gasteiger charge is -2.29. The molecule has 0 aromatic carbocycles. The van der Waals surface area contributed by atoms with Crippen LogP contribution in [0.4, 0.5) is 0 Å². The van der Waals surface area contributed by atoms with Crippen LogP contribution in [0.3, 0.4) is 0 Å². The topological polar surface area (TPSA) is 60.1 Å². The minimum Gasteiger partial charge on any atom is -0.294 e. The molecule has 0 bridgehead atoms. The fraction of sp³-hybridized carbons (Fsp3) is 0.500. The Morgan fingerprint density at radius 1 is 1.35 bits per heavy atom. The average Bonchev–Trinajstić information content (AvgIpc) is 2.57. The Hall–Kier alpha value is -1.78. The molecule has 0 spiro atoms. The third-order valence-electron chi connectivity index (χ3n) is 3.16. The Bertz CT molecular complexity index is 627. The molecule has 2 aromatic heterocycles. The molecule has 17 heavy (non-hydrogen) atoms. The Morgan fingerprint density at radius 3 is 2.88 bits per heavy atom. The van der Waals surface area contributed by atoms with Crippen LogP contribution in [0.2, 0.25) is 0 Å². The maximum absolute atomic E-state index is 12.1. The molecule has 88 valence electrons. The predicted molar refractivity (Wildman–Crippen MR) is 62.0 cm³/mol. The maximum atomic E-state index is 12.1. The lowest BCUT2D eigenvalue weighted by molar-refractivity contribution is 0.0908. The van der Waals surface area contributed by atoms with E-state index in [1.807, 2.05) is 6.92 Å². The average molecular weight is 230 g/mol. The largest absolute Gasteiger partial charge is 0.294 e. The molecule has 1 aliphatic rings. The van der Waals surface area contributed by atoms with Crippen molar-refractivity contribution in [2.75, 3.05) is 0 Å². The molecule has 0 unspecified atom stereocenters. The summed E-state index contributed by atoms with van der Waals surface area (Å²) < 4.78 is 1.71. The Balaban J connectivity index is 2.31. The second-order valence-electron chi connectivity index (χ2n) is 5.43. The predicted octanol–water partition coefficient (Wildman–Crippen LogP) is 1.59. The van der Waals surface area contributed by atoms with Crippen molar-refractivity contribution in [3.8, 4) is 0 Å². The minimum atomic E-state index is -0.0157. The van der Waals surface area contributed by atoms with Gasteiger partial charge in [0.1, 0.15) is 5.82 Å². The van der Waals surface area contributed by atoms with Gasteiger partial charge < -0.3 is 0 Å². The Labute approximate surface area is 98.9 Å². The van der Waals surface area contributed by atoms with Gasteiger partial charge in [0.25, 0.3) is 5.78 Å². The summed E-state index contributed by atoms with van der Waals surface area (Å²) in [4.78, 5) is 20.5. The minimum absolute atomic E-state index is 0.0157. The molecule has 0 atom stereocenters. The number of fused-ring (bicyclic) bond motifs is 3. The van der Waals surface area contributed by atoms with Crippen molar-refractivity contribution < 1.29 is 4.79 Å². The van der Waals surface area contributed by atoms with Crippen LogP contribution in [0.5, 0.6) is 0 Å². The van der Waals surface area contributed by atoms with Gasteiger partial charge in [-0.1, -0.05) is 13.8 Å². The van der Waals surface area contributed by atoms with Crippen LogP contribution in [0.1, 0.15) is 42.1 Å². The van der Waals surface area contributed by atoms with E-state index in [9.17, 15) is 4.79 Å². The van der Waals surface area contributed by atoms with Gasteiger partial charge in [-0.2, -0.15) is 10.1 Å². The lowest BCUT2D eigenvalue weighted by atomic mass is 9.76. The van der Waals surface area contributed by atoms with Crippen LogP contribution in [-0.4, -0.2) is 25.4 Å². The first kappa shape index (κ1) is 10.4. The van der Waals surface area contributed by atoms with Gasteiger partial charge in [-0.05, 0) is 18.8 Å². The molecule has 2 heterocycles. The molecular weight excluding hydrogens is 216 g/mol. The monoisotopic (exact) mass is 230 g/mol. The zero-order valence-electron chi connectivity index (χ0n) is 10.2. The van der Waals surface area contributed by atoms with E-state index >= 15 is 0 Å². The summed E-state index contributed by atoms with van der Waals surface area (Å²) in [5.41, 5.74) is 1.62. The summed E-state index contributed by atoms with van der Waals surface area (Å²) in [5, 5.41) is 4.32. The SMILES string of the molecule is Cc1nc2ncc3c(n2n1)CC(C)(C)CC3=O. The molecule has 1 aliphatic carbocycles. The molecule has 5 heteroatoms. The van der Waals surface area contributed by atoms with Crippen LogP contribution in [0.25, 0.3) is 5.78 Å². The number of carbonyl (C=O) groups is 1. The van der Waals surface area contributed by atoms with Gasteiger partial charge in [0.2, 0.25) is 0 Å². The van der Waals surface area contributed by atoms with E-state index in [0.29, 0.717) is 23.6 Å². The summed E-state index contributed by atoms with van der Waals surface area (Å²) in [6.45, 7) is 6.03. The summed E-state index contributed by atoms with van der Waals surface area (Å²) in [6.07, 6.45) is 3.03. The fourth-order valence-electron chi connectivity index (χ4n) is 2.43. The van der Waals surface area contributed by atoms with E-state index in [-0.39, 0.29) is 11.2 Å². The van der Waals surface area contributed by atoms with Crippen LogP contribution in [0, 0.1) is 12.3 Å². The van der Waals surface area contributed by atoms with Crippen molar-refractivity contribution in [1.29, 1.82) is 0 Å². The van der Waals surface area contributed by atoms with E-state index in [2.05, 4.69) is 28.9 Å². The van der Waals surface area contributed by atoms with Gasteiger partial charge in [0, 0.05) is 12.6 Å². The van der Waals surface area contributed by atoms with Gasteiger partial charge in [-0.25, -0.2) is 9.50 Å². The molecule has 0 N–H and O–H groups in total. The standard InChI is InChI=1S/C12H14N4O/c1-7-14-11-13-6-8-9(16(11)15-7)4-12(2,3)5-10(8)17/h6H,4-5H2,1-3H3. The maximum Gasteiger partial charge on any atom is 0.252 e. The highest BCUT2D eigenvalue weighted by atomic mass is 16.1. The van der Waals surface area contributed by atoms with E-state index < -0.39 is 0 Å². The normalized spacial score (nSPS) is 18.4. The van der Waals surface area contributed by atoms with Crippen molar-refractivity contribution in [2.24, 2.45) is 5.41 Å². The summed E-state index contributed by atoms with van der Waals surface area (Å²) in [6, 6.07) is 0. The molecule has 2 aromatic rings. The second-order valence-corrected chi connectivity index (χ2v) is 5.43. The number of carbonyl (C=O) groups excluding carboxylic acids is 1. The third kappa shape index (κ3) is 1.53. The number of aromatic nitrogens is 4. The Kier molecular flexibility index (Phi) is 1.91. The van der Waals surface area contributed by atoms with Crippen LogP contribution in [0.15, 0.2) is 6.20 Å². The van der Waals surface area contributed by atoms with Gasteiger partial charge in [-0.3, -0.25) is 4.79 Å². The number of nitrogens with zero attached hydrogens (tertiary/aromatic N) is 4. The highest BCUT2D eigenvalue weighted by Gasteiger charge is 2.33. The zero-order valence-corrected chi connectivity index (χ0v) is 10.2. The van der Waals surface area contributed by atoms with Crippen molar-refractivity contribution in [3.05, 3.63) is 23.3 Å². The Morgan fingerprint density at radius 2 is 2.12 bits per heavy atom. The number of hydrogen-bond acceptors (Lipinski definition) is 4. The highest BCUT2D eigenvalue weighted by molar-refractivity contribution is 5.98. The first-order chi connectivity index (χ1) is 7.96. The first-order valence-electron chi connectivity index (χ1n) is 5.71. The molecule has 0 saturated carbocycles. The van der Waals surface area contributed by atoms with Gasteiger partial charge in [-0.15, -0.1) is 0 Å². The van der Waals surface area contributed by atoms with Crippen molar-refractivity contribution in [3.63, 3.8) is 0 Å². The molecule has 0 amide bonds. The van der Waals surface area contributed by atoms with E-state index in [0.717, 1.165) is 12.1 Å². The lowest BCUT2D eigenvalue weighted by Crippen LogP contribution is -2.29. The van der Waals surface area contributed by atoms with Gasteiger partial charge >= 0.3 is 0 Å². The zero-order chi connectivity index (χ0) is 12.2. The van der Waals surface area contributed by atoms with Crippen molar-refractivity contribution in [1.82, 2.24) is 19.6 Å². The summed E-state index contributed by atoms with van der Waals surface area (Å²) in [7, 11) is 0. The second kappa shape index (κ2) is 3.12. The molecule has 0 aliphatic heterocycles. The van der Waals surface area contributed by atoms with Crippen molar-refractivity contribution >= 4 is 11.6 Å². The quantitative estimate of drug-likeness (QED) is 0.689. The number of hydrogen-bond donors (Lipinski definition) is 0. The fourth-order valence-corrected chi connectivity index (χ4v) is 2.43. The van der Waals surface area contributed by atoms with Crippen LogP contribution < -0.4 is 0 Å². The third-order valence-corrected chi connectivity index (χ3v) is 3.16. The number of rotatable bonds is 0. The van der Waals surface area contributed by atoms with E-state index in [1.54, 1.807) is 10.7 Å². The number of ketones is 1. The summed E-state index contributed by atoms with van der Waals surface area (Å²) >= 11 is 0. The van der Waals surface area contributed by atoms with Crippen molar-refractivity contribution in [2.45, 2.75) is 33.6 Å². The smallest absolute Gasteiger partial charge is 0.252 e. The van der Waals surface area contributed by atoms with Crippen LogP contribution >= 0.6 is 0 Å².